The molecule has 0 radical (unpaired) electrons. The van der Waals surface area contributed by atoms with Crippen molar-refractivity contribution >= 4 is 17.5 Å². The van der Waals surface area contributed by atoms with E-state index in [1.807, 2.05) is 68.5 Å². The molecule has 1 saturated heterocycles. The minimum atomic E-state index is -0.624. The van der Waals surface area contributed by atoms with Crippen molar-refractivity contribution in [3.63, 3.8) is 0 Å². The predicted octanol–water partition coefficient (Wildman–Crippen LogP) is 3.46. The van der Waals surface area contributed by atoms with Gasteiger partial charge in [-0.2, -0.15) is 0 Å². The van der Waals surface area contributed by atoms with Crippen molar-refractivity contribution in [2.75, 3.05) is 39.1 Å². The Labute approximate surface area is 179 Å². The lowest BCUT2D eigenvalue weighted by molar-refractivity contribution is -0.141. The maximum absolute atomic E-state index is 13.8. The summed E-state index contributed by atoms with van der Waals surface area (Å²) in [6, 6.07) is 18.1. The van der Waals surface area contributed by atoms with Gasteiger partial charge in [-0.25, -0.2) is 0 Å². The zero-order chi connectivity index (χ0) is 21.7. The van der Waals surface area contributed by atoms with Gasteiger partial charge < -0.3 is 14.7 Å². The fraction of sp³-hybridized carbons (Fsp3) is 0.360. The standard InChI is InChI=1S/C25H31N3O2/c1-5-23(29)28-17-15-25(16-18-28,21-12-7-6-8-13-21)24(30)27(4)19-20-11-9-10-14-22(20)26(2)3/h5-14H,1,15-19H2,2-4H3. The highest BCUT2D eigenvalue weighted by atomic mass is 16.2. The maximum Gasteiger partial charge on any atom is 0.245 e. The van der Waals surface area contributed by atoms with Crippen molar-refractivity contribution in [2.24, 2.45) is 0 Å². The second-order valence-electron chi connectivity index (χ2n) is 8.16. The Morgan fingerprint density at radius 3 is 2.20 bits per heavy atom. The van der Waals surface area contributed by atoms with Crippen LogP contribution in [0.3, 0.4) is 0 Å². The molecule has 1 aliphatic rings. The summed E-state index contributed by atoms with van der Waals surface area (Å²) in [5, 5.41) is 0. The van der Waals surface area contributed by atoms with Crippen LogP contribution >= 0.6 is 0 Å². The fourth-order valence-electron chi connectivity index (χ4n) is 4.39. The first-order valence-electron chi connectivity index (χ1n) is 10.4. The lowest BCUT2D eigenvalue weighted by atomic mass is 9.71. The highest BCUT2D eigenvalue weighted by Gasteiger charge is 2.44. The molecule has 158 valence electrons. The first kappa shape index (κ1) is 21.6. The summed E-state index contributed by atoms with van der Waals surface area (Å²) in [4.78, 5) is 31.6. The van der Waals surface area contributed by atoms with E-state index in [0.717, 1.165) is 16.8 Å². The van der Waals surface area contributed by atoms with E-state index in [0.29, 0.717) is 32.5 Å². The number of para-hydroxylation sites is 1. The molecule has 0 saturated carbocycles. The van der Waals surface area contributed by atoms with Crippen LogP contribution in [0.5, 0.6) is 0 Å². The molecule has 0 spiro atoms. The molecule has 1 aliphatic heterocycles. The third-order valence-electron chi connectivity index (χ3n) is 6.07. The number of piperidine rings is 1. The van der Waals surface area contributed by atoms with Gasteiger partial charge >= 0.3 is 0 Å². The zero-order valence-corrected chi connectivity index (χ0v) is 18.2. The molecule has 5 heteroatoms. The smallest absolute Gasteiger partial charge is 0.245 e. The largest absolute Gasteiger partial charge is 0.377 e. The molecular formula is C25H31N3O2. The Bertz CT molecular complexity index is 900. The normalized spacial score (nSPS) is 15.4. The number of benzene rings is 2. The number of likely N-dealkylation sites (N-methyl/N-ethyl adjacent to an activating group) is 1. The highest BCUT2D eigenvalue weighted by molar-refractivity contribution is 5.90. The summed E-state index contributed by atoms with van der Waals surface area (Å²) in [5.41, 5.74) is 2.62. The quantitative estimate of drug-likeness (QED) is 0.692. The first-order valence-corrected chi connectivity index (χ1v) is 10.4. The molecule has 3 rings (SSSR count). The molecule has 1 fully saturated rings. The predicted molar refractivity (Wildman–Crippen MR) is 121 cm³/mol. The Morgan fingerprint density at radius 2 is 1.60 bits per heavy atom. The van der Waals surface area contributed by atoms with Gasteiger partial charge in [-0.05, 0) is 36.1 Å². The molecule has 0 bridgehead atoms. The van der Waals surface area contributed by atoms with Gasteiger partial charge in [0.25, 0.3) is 0 Å². The van der Waals surface area contributed by atoms with Crippen molar-refractivity contribution in [1.82, 2.24) is 9.80 Å². The number of anilines is 1. The van der Waals surface area contributed by atoms with Gasteiger partial charge in [-0.1, -0.05) is 55.1 Å². The molecule has 2 amide bonds. The molecule has 0 unspecified atom stereocenters. The number of hydrogen-bond donors (Lipinski definition) is 0. The van der Waals surface area contributed by atoms with E-state index in [1.165, 1.54) is 6.08 Å². The van der Waals surface area contributed by atoms with E-state index in [2.05, 4.69) is 23.6 Å². The van der Waals surface area contributed by atoms with Crippen molar-refractivity contribution in [3.05, 3.63) is 78.4 Å². The summed E-state index contributed by atoms with van der Waals surface area (Å²) < 4.78 is 0. The Balaban J connectivity index is 1.88. The minimum absolute atomic E-state index is 0.0719. The average Bonchev–Trinajstić information content (AvgIpc) is 2.78. The van der Waals surface area contributed by atoms with Gasteiger partial charge in [0.1, 0.15) is 0 Å². The minimum Gasteiger partial charge on any atom is -0.377 e. The molecule has 30 heavy (non-hydrogen) atoms. The lowest BCUT2D eigenvalue weighted by Gasteiger charge is -2.42. The molecule has 1 heterocycles. The summed E-state index contributed by atoms with van der Waals surface area (Å²) in [7, 11) is 5.90. The summed E-state index contributed by atoms with van der Waals surface area (Å²) in [6.07, 6.45) is 2.56. The maximum atomic E-state index is 13.8. The molecular weight excluding hydrogens is 374 g/mol. The Morgan fingerprint density at radius 1 is 1.00 bits per heavy atom. The Hall–Kier alpha value is -3.08. The van der Waals surface area contributed by atoms with Gasteiger partial charge in [0.05, 0.1) is 5.41 Å². The average molecular weight is 406 g/mol. The fourth-order valence-corrected chi connectivity index (χ4v) is 4.39. The molecule has 0 aromatic heterocycles. The van der Waals surface area contributed by atoms with Gasteiger partial charge in [-0.15, -0.1) is 0 Å². The topological polar surface area (TPSA) is 43.9 Å². The second-order valence-corrected chi connectivity index (χ2v) is 8.16. The van der Waals surface area contributed by atoms with Crippen molar-refractivity contribution in [1.29, 1.82) is 0 Å². The van der Waals surface area contributed by atoms with E-state index >= 15 is 0 Å². The number of amides is 2. The molecule has 2 aromatic rings. The van der Waals surface area contributed by atoms with Crippen LogP contribution in [0.4, 0.5) is 5.69 Å². The van der Waals surface area contributed by atoms with Crippen LogP contribution in [-0.2, 0) is 21.5 Å². The van der Waals surface area contributed by atoms with Gasteiger partial charge in [-0.3, -0.25) is 9.59 Å². The third kappa shape index (κ3) is 4.25. The van der Waals surface area contributed by atoms with Crippen LogP contribution in [0.25, 0.3) is 0 Å². The summed E-state index contributed by atoms with van der Waals surface area (Å²) >= 11 is 0. The van der Waals surface area contributed by atoms with Crippen molar-refractivity contribution in [3.8, 4) is 0 Å². The van der Waals surface area contributed by atoms with E-state index in [1.54, 1.807) is 4.90 Å². The van der Waals surface area contributed by atoms with Crippen LogP contribution < -0.4 is 4.90 Å². The molecule has 0 N–H and O–H groups in total. The number of nitrogens with zero attached hydrogens (tertiary/aromatic N) is 3. The van der Waals surface area contributed by atoms with E-state index < -0.39 is 5.41 Å². The lowest BCUT2D eigenvalue weighted by Crippen LogP contribution is -2.52. The molecule has 2 aromatic carbocycles. The van der Waals surface area contributed by atoms with Gasteiger partial charge in [0.15, 0.2) is 0 Å². The number of likely N-dealkylation sites (tertiary alicyclic amines) is 1. The van der Waals surface area contributed by atoms with Crippen molar-refractivity contribution in [2.45, 2.75) is 24.8 Å². The number of hydrogen-bond acceptors (Lipinski definition) is 3. The zero-order valence-electron chi connectivity index (χ0n) is 18.2. The van der Waals surface area contributed by atoms with E-state index in [9.17, 15) is 9.59 Å². The summed E-state index contributed by atoms with van der Waals surface area (Å²) in [5.74, 6) is 0.0327. The monoisotopic (exact) mass is 405 g/mol. The molecule has 0 aliphatic carbocycles. The number of rotatable bonds is 6. The Kier molecular flexibility index (Phi) is 6.60. The number of carbonyl (C=O) groups excluding carboxylic acids is 2. The van der Waals surface area contributed by atoms with Crippen LogP contribution in [-0.4, -0.2) is 55.8 Å². The highest BCUT2D eigenvalue weighted by Crippen LogP contribution is 2.38. The van der Waals surface area contributed by atoms with Gasteiger partial charge in [0.2, 0.25) is 11.8 Å². The molecule has 0 atom stereocenters. The van der Waals surface area contributed by atoms with Crippen LogP contribution in [0, 0.1) is 0 Å². The van der Waals surface area contributed by atoms with E-state index in [4.69, 9.17) is 0 Å². The summed E-state index contributed by atoms with van der Waals surface area (Å²) in [6.45, 7) is 5.23. The second kappa shape index (κ2) is 9.16. The first-order chi connectivity index (χ1) is 14.4. The van der Waals surface area contributed by atoms with Crippen LogP contribution in [0.2, 0.25) is 0 Å². The number of carbonyl (C=O) groups is 2. The van der Waals surface area contributed by atoms with Crippen molar-refractivity contribution < 1.29 is 9.59 Å². The van der Waals surface area contributed by atoms with Crippen LogP contribution in [0.1, 0.15) is 24.0 Å². The van der Waals surface area contributed by atoms with E-state index in [-0.39, 0.29) is 11.8 Å². The van der Waals surface area contributed by atoms with Crippen LogP contribution in [0.15, 0.2) is 67.3 Å². The SMILES string of the molecule is C=CC(=O)N1CCC(C(=O)N(C)Cc2ccccc2N(C)C)(c2ccccc2)CC1. The molecule has 5 nitrogen and oxygen atoms in total. The van der Waals surface area contributed by atoms with Gasteiger partial charge in [0, 0.05) is 46.5 Å². The third-order valence-corrected chi connectivity index (χ3v) is 6.07.